The normalized spacial score (nSPS) is 15.5. The molecule has 5 heterocycles. The van der Waals surface area contributed by atoms with E-state index in [2.05, 4.69) is 41.0 Å². The maximum Gasteiger partial charge on any atom is 0.187 e. The summed E-state index contributed by atoms with van der Waals surface area (Å²) in [5.41, 5.74) is 7.01. The van der Waals surface area contributed by atoms with Gasteiger partial charge >= 0.3 is 0 Å². The lowest BCUT2D eigenvalue weighted by molar-refractivity contribution is -0.118. The number of nitrogens with zero attached hydrogens (tertiary/aromatic N) is 10. The molecule has 50 heavy (non-hydrogen) atoms. The fourth-order valence-electron chi connectivity index (χ4n) is 5.99. The summed E-state index contributed by atoms with van der Waals surface area (Å²) < 4.78 is 8.26. The second kappa shape index (κ2) is 15.1. The van der Waals surface area contributed by atoms with Gasteiger partial charge in [-0.05, 0) is 47.2 Å². The fourth-order valence-corrected chi connectivity index (χ4v) is 6.17. The minimum Gasteiger partial charge on any atom is -0.381 e. The predicted octanol–water partition coefficient (Wildman–Crippen LogP) is 5.21. The van der Waals surface area contributed by atoms with Gasteiger partial charge in [-0.15, -0.1) is 0 Å². The highest BCUT2D eigenvalue weighted by molar-refractivity contribution is 6.33. The average Bonchev–Trinajstić information content (AvgIpc) is 3.95. The van der Waals surface area contributed by atoms with Gasteiger partial charge < -0.3 is 4.74 Å². The van der Waals surface area contributed by atoms with E-state index in [-0.39, 0.29) is 11.6 Å². The molecule has 1 aliphatic heterocycles. The first-order valence-corrected chi connectivity index (χ1v) is 16.2. The van der Waals surface area contributed by atoms with Gasteiger partial charge in [0.25, 0.3) is 0 Å². The molecule has 6 aromatic rings. The molecular weight excluding hydrogens is 656 g/mol. The predicted molar refractivity (Wildman–Crippen MR) is 185 cm³/mol. The number of carbonyl (C=O) groups is 2. The summed E-state index contributed by atoms with van der Waals surface area (Å²) in [4.78, 5) is 43.1. The van der Waals surface area contributed by atoms with Crippen molar-refractivity contribution in [2.24, 2.45) is 14.1 Å². The Hall–Kier alpha value is -5.89. The van der Waals surface area contributed by atoms with E-state index in [9.17, 15) is 9.59 Å². The molecule has 1 unspecified atom stereocenters. The van der Waals surface area contributed by atoms with Gasteiger partial charge in [0.1, 0.15) is 23.6 Å². The molecule has 13 nitrogen and oxygen atoms in total. The van der Waals surface area contributed by atoms with Crippen molar-refractivity contribution in [1.29, 1.82) is 5.26 Å². The van der Waals surface area contributed by atoms with E-state index in [0.29, 0.717) is 52.7 Å². The summed E-state index contributed by atoms with van der Waals surface area (Å²) in [6.07, 6.45) is 10.4. The van der Waals surface area contributed by atoms with Gasteiger partial charge in [0.05, 0.1) is 40.6 Å². The Morgan fingerprint density at radius 3 is 2.18 bits per heavy atom. The number of ether oxygens (including phenoxy) is 1. The quantitative estimate of drug-likeness (QED) is 0.166. The van der Waals surface area contributed by atoms with Crippen molar-refractivity contribution >= 4 is 50.9 Å². The molecule has 9 rings (SSSR count). The van der Waals surface area contributed by atoms with E-state index in [4.69, 9.17) is 28.2 Å². The van der Waals surface area contributed by atoms with Crippen molar-refractivity contribution in [1.82, 2.24) is 39.5 Å². The monoisotopic (exact) mass is 686 g/mol. The van der Waals surface area contributed by atoms with Crippen LogP contribution in [0.1, 0.15) is 52.3 Å². The summed E-state index contributed by atoms with van der Waals surface area (Å²) in [5, 5.41) is 19.4. The van der Waals surface area contributed by atoms with Crippen molar-refractivity contribution in [2.75, 3.05) is 13.2 Å². The van der Waals surface area contributed by atoms with Crippen LogP contribution in [0.3, 0.4) is 0 Å². The molecule has 0 N–H and O–H groups in total. The van der Waals surface area contributed by atoms with Gasteiger partial charge in [-0.2, -0.15) is 15.5 Å². The molecule has 0 amide bonds. The number of fused-ring (bicyclic) bond motifs is 4. The third-order valence-electron chi connectivity index (χ3n) is 8.31. The molecule has 4 aromatic heterocycles. The third-order valence-corrected chi connectivity index (χ3v) is 8.61. The fraction of sp³-hybridized carbons (Fsp3) is 0.278. The van der Waals surface area contributed by atoms with Crippen LogP contribution < -0.4 is 0 Å². The van der Waals surface area contributed by atoms with Crippen molar-refractivity contribution in [3.05, 3.63) is 112 Å². The largest absolute Gasteiger partial charge is 0.381 e. The Kier molecular flexibility index (Phi) is 10.3. The highest BCUT2D eigenvalue weighted by Gasteiger charge is 2.34. The van der Waals surface area contributed by atoms with Crippen LogP contribution in [0.4, 0.5) is 5.69 Å². The number of nitriles is 1. The van der Waals surface area contributed by atoms with E-state index < -0.39 is 5.92 Å². The molecule has 250 valence electrons. The van der Waals surface area contributed by atoms with E-state index in [1.54, 1.807) is 33.8 Å². The van der Waals surface area contributed by atoms with Crippen LogP contribution in [0.15, 0.2) is 61.4 Å². The van der Waals surface area contributed by atoms with Crippen LogP contribution in [-0.4, -0.2) is 64.3 Å². The number of hydrogen-bond acceptors (Lipinski definition) is 10. The summed E-state index contributed by atoms with van der Waals surface area (Å²) in [7, 11) is 3.63. The van der Waals surface area contributed by atoms with E-state index in [1.807, 2.05) is 38.5 Å². The molecule has 0 saturated carbocycles. The van der Waals surface area contributed by atoms with Crippen molar-refractivity contribution < 1.29 is 14.3 Å². The number of Topliss-reactive ketones (excluding diaryl/α,β-unsaturated/α-hetero) is 2. The van der Waals surface area contributed by atoms with Crippen LogP contribution in [0.5, 0.6) is 0 Å². The molecule has 14 heteroatoms. The van der Waals surface area contributed by atoms with Crippen LogP contribution in [0.2, 0.25) is 5.15 Å². The van der Waals surface area contributed by atoms with Crippen LogP contribution in [0.25, 0.3) is 26.9 Å². The van der Waals surface area contributed by atoms with Gasteiger partial charge in [-0.3, -0.25) is 19.0 Å². The maximum absolute atomic E-state index is 12.5. The molecule has 0 radical (unpaired) electrons. The highest BCUT2D eigenvalue weighted by Crippen LogP contribution is 2.37. The van der Waals surface area contributed by atoms with E-state index >= 15 is 0 Å². The lowest BCUT2D eigenvalue weighted by Crippen LogP contribution is -2.10. The standard InChI is InChI=1S/C16H11N5O.C10H7NO.C6H5ClN4.C4H8O/c1-21-7-12-15(18-8-19-16(12)20-21)14-11-4-9(6-17)2-3-10(11)5-13(14)22;1-11-9-3-2-7-5-10(12)6-8(7)4-9;1-11-2-4-5(7)8-3-9-6(4)10-11;1-2-4-5-3-1/h2-4,7-8,14H,5H2,1H3;2-4H,5-6H2;2-3H,1H3;1-4H2. The Labute approximate surface area is 292 Å². The van der Waals surface area contributed by atoms with Crippen LogP contribution in [-0.2, 0) is 47.7 Å². The third kappa shape index (κ3) is 7.55. The maximum atomic E-state index is 12.5. The molecule has 3 aliphatic rings. The molecule has 2 aliphatic carbocycles. The smallest absolute Gasteiger partial charge is 0.187 e. The zero-order valence-electron chi connectivity index (χ0n) is 27.4. The number of benzene rings is 2. The topological polar surface area (TPSA) is 159 Å². The molecule has 1 atom stereocenters. The first-order chi connectivity index (χ1) is 24.2. The molecule has 1 fully saturated rings. The van der Waals surface area contributed by atoms with Gasteiger partial charge in [0, 0.05) is 59.0 Å². The van der Waals surface area contributed by atoms with Crippen LogP contribution >= 0.6 is 11.6 Å². The Balaban J connectivity index is 0.000000130. The summed E-state index contributed by atoms with van der Waals surface area (Å²) >= 11 is 5.77. The molecule has 1 saturated heterocycles. The zero-order valence-corrected chi connectivity index (χ0v) is 28.1. The number of rotatable bonds is 1. The van der Waals surface area contributed by atoms with Crippen molar-refractivity contribution in [3.8, 4) is 6.07 Å². The number of hydrogen-bond donors (Lipinski definition) is 0. The number of carbonyl (C=O) groups excluding carboxylic acids is 2. The second-order valence-corrected chi connectivity index (χ2v) is 12.2. The first kappa shape index (κ1) is 34.0. The minimum absolute atomic E-state index is 0.0916. The van der Waals surface area contributed by atoms with Gasteiger partial charge in [-0.25, -0.2) is 24.8 Å². The Morgan fingerprint density at radius 2 is 1.52 bits per heavy atom. The number of halogens is 1. The lowest BCUT2D eigenvalue weighted by atomic mass is 9.94. The Morgan fingerprint density at radius 1 is 0.860 bits per heavy atom. The van der Waals surface area contributed by atoms with Gasteiger partial charge in [-0.1, -0.05) is 35.9 Å². The van der Waals surface area contributed by atoms with Gasteiger partial charge in [0.15, 0.2) is 22.8 Å². The average molecular weight is 687 g/mol. The SMILES string of the molecule is C1CCOC1.Cn1cc2c(C3C(=O)Cc4ccc(C#N)cc43)ncnc2n1.Cn1cc2c(Cl)ncnc2n1.[C-]#[N+]c1ccc2c(c1)CC(=O)C2. The van der Waals surface area contributed by atoms with E-state index in [1.165, 1.54) is 25.5 Å². The number of aryl methyl sites for hydroxylation is 2. The second-order valence-electron chi connectivity index (χ2n) is 11.9. The molecular formula is C36H31ClN10O3. The van der Waals surface area contributed by atoms with Crippen LogP contribution in [0, 0.1) is 17.9 Å². The van der Waals surface area contributed by atoms with Crippen molar-refractivity contribution in [3.63, 3.8) is 0 Å². The molecule has 2 aromatic carbocycles. The summed E-state index contributed by atoms with van der Waals surface area (Å²) in [6, 6.07) is 13.0. The highest BCUT2D eigenvalue weighted by atomic mass is 35.5. The van der Waals surface area contributed by atoms with Crippen molar-refractivity contribution in [2.45, 2.75) is 38.0 Å². The van der Waals surface area contributed by atoms with E-state index in [0.717, 1.165) is 46.2 Å². The molecule has 0 bridgehead atoms. The number of aromatic nitrogens is 8. The summed E-state index contributed by atoms with van der Waals surface area (Å²) in [5.74, 6) is -0.0981. The Bertz CT molecular complexity index is 2310. The lowest BCUT2D eigenvalue weighted by Gasteiger charge is -2.10. The first-order valence-electron chi connectivity index (χ1n) is 15.8. The number of ketones is 2. The minimum atomic E-state index is -0.446. The molecule has 0 spiro atoms. The summed E-state index contributed by atoms with van der Waals surface area (Å²) in [6.45, 7) is 8.80. The van der Waals surface area contributed by atoms with Gasteiger partial charge in [0.2, 0.25) is 0 Å². The zero-order chi connectivity index (χ0) is 35.2.